The molecule has 0 aliphatic rings. The molecular formula is C12H9IN6O. The van der Waals surface area contributed by atoms with Crippen molar-refractivity contribution >= 4 is 45.3 Å². The molecule has 0 aliphatic heterocycles. The summed E-state index contributed by atoms with van der Waals surface area (Å²) in [5.74, 6) is 0.0337. The van der Waals surface area contributed by atoms with Crippen LogP contribution in [0.25, 0.3) is 16.7 Å². The van der Waals surface area contributed by atoms with Gasteiger partial charge in [0.05, 0.1) is 5.52 Å². The summed E-state index contributed by atoms with van der Waals surface area (Å²) >= 11 is 2.18. The minimum atomic E-state index is -0.586. The second kappa shape index (κ2) is 4.71. The smallest absolute Gasteiger partial charge is 0.269 e. The minimum Gasteiger partial charge on any atom is -0.368 e. The van der Waals surface area contributed by atoms with Gasteiger partial charge in [-0.05, 0) is 40.8 Å². The lowest BCUT2D eigenvalue weighted by molar-refractivity contribution is 0.0996. The number of primary amides is 1. The van der Waals surface area contributed by atoms with Crippen LogP contribution in [-0.4, -0.2) is 25.7 Å². The molecule has 0 saturated carbocycles. The van der Waals surface area contributed by atoms with Gasteiger partial charge in [0.2, 0.25) is 5.95 Å². The molecule has 0 saturated heterocycles. The molecule has 1 amide bonds. The van der Waals surface area contributed by atoms with Crippen molar-refractivity contribution in [2.24, 2.45) is 5.73 Å². The zero-order valence-electron chi connectivity index (χ0n) is 10.1. The Kier molecular flexibility index (Phi) is 3.01. The van der Waals surface area contributed by atoms with Crippen LogP contribution >= 0.6 is 22.6 Å². The van der Waals surface area contributed by atoms with Crippen molar-refractivity contribution in [1.29, 1.82) is 0 Å². The van der Waals surface area contributed by atoms with Crippen LogP contribution in [0.5, 0.6) is 0 Å². The van der Waals surface area contributed by atoms with Crippen molar-refractivity contribution < 1.29 is 4.79 Å². The third-order valence-corrected chi connectivity index (χ3v) is 3.42. The molecule has 0 fully saturated rings. The average Bonchev–Trinajstić information content (AvgIpc) is 2.77. The topological polar surface area (TPSA) is 113 Å². The molecular weight excluding hydrogens is 371 g/mol. The highest BCUT2D eigenvalue weighted by molar-refractivity contribution is 14.1. The first-order chi connectivity index (χ1) is 9.56. The molecule has 0 radical (unpaired) electrons. The molecule has 3 rings (SSSR count). The Morgan fingerprint density at radius 2 is 2.10 bits per heavy atom. The van der Waals surface area contributed by atoms with Gasteiger partial charge in [0.15, 0.2) is 11.5 Å². The van der Waals surface area contributed by atoms with E-state index in [1.54, 1.807) is 6.07 Å². The number of halogens is 1. The summed E-state index contributed by atoms with van der Waals surface area (Å²) in [4.78, 5) is 19.4. The molecule has 0 aliphatic carbocycles. The van der Waals surface area contributed by atoms with E-state index in [0.29, 0.717) is 11.2 Å². The lowest BCUT2D eigenvalue weighted by Crippen LogP contribution is -2.13. The lowest BCUT2D eigenvalue weighted by Gasteiger charge is -2.02. The third-order valence-electron chi connectivity index (χ3n) is 2.75. The number of nitrogen functional groups attached to an aromatic ring is 1. The van der Waals surface area contributed by atoms with Gasteiger partial charge in [-0.25, -0.2) is 9.67 Å². The maximum Gasteiger partial charge on any atom is 0.269 e. The SMILES string of the molecule is NC(=O)c1nn(-c2ccnc(N)n2)c2cc(I)ccc12. The molecule has 0 bridgehead atoms. The summed E-state index contributed by atoms with van der Waals surface area (Å²) in [6.07, 6.45) is 1.53. The monoisotopic (exact) mass is 380 g/mol. The fourth-order valence-electron chi connectivity index (χ4n) is 1.93. The highest BCUT2D eigenvalue weighted by Gasteiger charge is 2.16. The number of hydrogen-bond acceptors (Lipinski definition) is 5. The Balaban J connectivity index is 2.35. The standard InChI is InChI=1S/C12H9IN6O/c13-6-1-2-7-8(5-6)19(18-10(7)11(14)20)9-3-4-16-12(15)17-9/h1-5H,(H2,14,20)(H2,15,16,17). The fourth-order valence-corrected chi connectivity index (χ4v) is 2.40. The van der Waals surface area contributed by atoms with Crippen molar-refractivity contribution in [1.82, 2.24) is 19.7 Å². The zero-order valence-corrected chi connectivity index (χ0v) is 12.3. The van der Waals surface area contributed by atoms with E-state index in [1.165, 1.54) is 10.9 Å². The highest BCUT2D eigenvalue weighted by atomic mass is 127. The molecule has 0 unspecified atom stereocenters. The van der Waals surface area contributed by atoms with Crippen LogP contribution in [0.3, 0.4) is 0 Å². The number of hydrogen-bond donors (Lipinski definition) is 2. The van der Waals surface area contributed by atoms with Crippen molar-refractivity contribution in [3.8, 4) is 5.82 Å². The summed E-state index contributed by atoms with van der Waals surface area (Å²) in [7, 11) is 0. The number of nitrogens with two attached hydrogens (primary N) is 2. The summed E-state index contributed by atoms with van der Waals surface area (Å²) in [6.45, 7) is 0. The molecule has 0 spiro atoms. The van der Waals surface area contributed by atoms with E-state index in [1.807, 2.05) is 18.2 Å². The van der Waals surface area contributed by atoms with Crippen LogP contribution in [0, 0.1) is 3.57 Å². The number of carbonyl (C=O) groups excluding carboxylic acids is 1. The first-order valence-electron chi connectivity index (χ1n) is 5.63. The summed E-state index contributed by atoms with van der Waals surface area (Å²) in [6, 6.07) is 7.25. The van der Waals surface area contributed by atoms with Gasteiger partial charge < -0.3 is 11.5 Å². The van der Waals surface area contributed by atoms with Crippen LogP contribution in [0.1, 0.15) is 10.5 Å². The van der Waals surface area contributed by atoms with Crippen LogP contribution in [-0.2, 0) is 0 Å². The lowest BCUT2D eigenvalue weighted by atomic mass is 10.2. The average molecular weight is 380 g/mol. The van der Waals surface area contributed by atoms with Crippen LogP contribution in [0.2, 0.25) is 0 Å². The predicted octanol–water partition coefficient (Wildman–Crippen LogP) is 1.10. The molecule has 1 aromatic carbocycles. The molecule has 8 heteroatoms. The molecule has 0 atom stereocenters. The molecule has 2 aromatic heterocycles. The van der Waals surface area contributed by atoms with Crippen molar-refractivity contribution in [3.05, 3.63) is 39.7 Å². The highest BCUT2D eigenvalue weighted by Crippen LogP contribution is 2.23. The van der Waals surface area contributed by atoms with E-state index in [0.717, 1.165) is 9.09 Å². The minimum absolute atomic E-state index is 0.136. The molecule has 4 N–H and O–H groups in total. The number of anilines is 1. The maximum atomic E-state index is 11.5. The van der Waals surface area contributed by atoms with E-state index < -0.39 is 5.91 Å². The first-order valence-corrected chi connectivity index (χ1v) is 6.71. The molecule has 7 nitrogen and oxygen atoms in total. The quantitative estimate of drug-likeness (QED) is 0.647. The molecule has 20 heavy (non-hydrogen) atoms. The number of rotatable bonds is 2. The van der Waals surface area contributed by atoms with Crippen LogP contribution in [0.15, 0.2) is 30.5 Å². The van der Waals surface area contributed by atoms with Gasteiger partial charge in [-0.1, -0.05) is 0 Å². The van der Waals surface area contributed by atoms with Gasteiger partial charge in [-0.3, -0.25) is 4.79 Å². The summed E-state index contributed by atoms with van der Waals surface area (Å²) in [5, 5.41) is 4.91. The van der Waals surface area contributed by atoms with E-state index in [-0.39, 0.29) is 11.6 Å². The largest absolute Gasteiger partial charge is 0.368 e. The molecule has 2 heterocycles. The van der Waals surface area contributed by atoms with E-state index in [9.17, 15) is 4.79 Å². The Labute approximate surface area is 127 Å². The number of nitrogens with zero attached hydrogens (tertiary/aromatic N) is 4. The fraction of sp³-hybridized carbons (Fsp3) is 0. The number of amides is 1. The van der Waals surface area contributed by atoms with Gasteiger partial charge in [-0.15, -0.1) is 0 Å². The Morgan fingerprint density at radius 1 is 1.30 bits per heavy atom. The number of benzene rings is 1. The van der Waals surface area contributed by atoms with Crippen molar-refractivity contribution in [3.63, 3.8) is 0 Å². The van der Waals surface area contributed by atoms with E-state index in [2.05, 4.69) is 37.7 Å². The summed E-state index contributed by atoms with van der Waals surface area (Å²) in [5.41, 5.74) is 11.9. The predicted molar refractivity (Wildman–Crippen MR) is 82.3 cm³/mol. The third kappa shape index (κ3) is 2.07. The van der Waals surface area contributed by atoms with Crippen molar-refractivity contribution in [2.45, 2.75) is 0 Å². The first kappa shape index (κ1) is 12.8. The second-order valence-electron chi connectivity index (χ2n) is 4.06. The molecule has 3 aromatic rings. The van der Waals surface area contributed by atoms with Gasteiger partial charge >= 0.3 is 0 Å². The van der Waals surface area contributed by atoms with Crippen LogP contribution in [0.4, 0.5) is 5.95 Å². The van der Waals surface area contributed by atoms with Crippen LogP contribution < -0.4 is 11.5 Å². The number of aromatic nitrogens is 4. The van der Waals surface area contributed by atoms with E-state index in [4.69, 9.17) is 11.5 Å². The van der Waals surface area contributed by atoms with E-state index >= 15 is 0 Å². The van der Waals surface area contributed by atoms with Crippen molar-refractivity contribution in [2.75, 3.05) is 5.73 Å². The maximum absolute atomic E-state index is 11.5. The number of fused-ring (bicyclic) bond motifs is 1. The zero-order chi connectivity index (χ0) is 14.3. The van der Waals surface area contributed by atoms with Gasteiger partial charge in [-0.2, -0.15) is 10.1 Å². The normalized spacial score (nSPS) is 10.8. The van der Waals surface area contributed by atoms with Gasteiger partial charge in [0.25, 0.3) is 5.91 Å². The molecule has 100 valence electrons. The Morgan fingerprint density at radius 3 is 2.80 bits per heavy atom. The number of carbonyl (C=O) groups is 1. The Hall–Kier alpha value is -2.23. The van der Waals surface area contributed by atoms with Gasteiger partial charge in [0, 0.05) is 21.2 Å². The second-order valence-corrected chi connectivity index (χ2v) is 5.30. The van der Waals surface area contributed by atoms with Gasteiger partial charge in [0.1, 0.15) is 0 Å². The Bertz CT molecular complexity index is 828. The summed E-state index contributed by atoms with van der Waals surface area (Å²) < 4.78 is 2.55.